The van der Waals surface area contributed by atoms with Gasteiger partial charge in [0.15, 0.2) is 6.61 Å². The van der Waals surface area contributed by atoms with E-state index in [9.17, 15) is 14.0 Å². The fraction of sp³-hybridized carbons (Fsp3) is 0.364. The van der Waals surface area contributed by atoms with Crippen molar-refractivity contribution in [3.05, 3.63) is 48.3 Å². The zero-order valence-electron chi connectivity index (χ0n) is 16.5. The highest BCUT2D eigenvalue weighted by Gasteiger charge is 2.29. The Balaban J connectivity index is 1.29. The maximum atomic E-state index is 14.4. The van der Waals surface area contributed by atoms with E-state index in [-0.39, 0.29) is 18.4 Å². The predicted octanol–water partition coefficient (Wildman–Crippen LogP) is 3.03. The molecule has 4 rings (SSSR count). The van der Waals surface area contributed by atoms with E-state index >= 15 is 0 Å². The number of carbonyl (C=O) groups is 2. The molecule has 1 saturated heterocycles. The van der Waals surface area contributed by atoms with Gasteiger partial charge in [-0.05, 0) is 43.2 Å². The van der Waals surface area contributed by atoms with E-state index in [0.29, 0.717) is 49.1 Å². The summed E-state index contributed by atoms with van der Waals surface area (Å²) in [5.41, 5.74) is 1.49. The zero-order chi connectivity index (χ0) is 20.9. The standard InChI is InChI=1S/C22H24FN3O4/c23-19-13-17(6-7-20(19)26-8-10-29-11-9-26)24-21(27)14-30-18-3-1-2-16(12-18)25-22(28)15-4-5-15/h1-3,6-7,12-13,15H,4-5,8-11,14H2,(H,24,27)(H,25,28). The van der Waals surface area contributed by atoms with Crippen molar-refractivity contribution in [3.8, 4) is 5.75 Å². The third-order valence-corrected chi connectivity index (χ3v) is 5.00. The van der Waals surface area contributed by atoms with Crippen molar-refractivity contribution in [2.24, 2.45) is 5.92 Å². The first-order valence-corrected chi connectivity index (χ1v) is 10.0. The van der Waals surface area contributed by atoms with E-state index in [1.165, 1.54) is 6.07 Å². The van der Waals surface area contributed by atoms with E-state index in [4.69, 9.17) is 9.47 Å². The number of ether oxygens (including phenoxy) is 2. The molecule has 30 heavy (non-hydrogen) atoms. The van der Waals surface area contributed by atoms with Crippen LogP contribution in [0.25, 0.3) is 0 Å². The lowest BCUT2D eigenvalue weighted by molar-refractivity contribution is -0.118. The Bertz CT molecular complexity index is 926. The van der Waals surface area contributed by atoms with Gasteiger partial charge in [0.05, 0.1) is 18.9 Å². The molecule has 2 aromatic carbocycles. The molecule has 2 aliphatic rings. The van der Waals surface area contributed by atoms with Gasteiger partial charge in [0.1, 0.15) is 11.6 Å². The number of benzene rings is 2. The van der Waals surface area contributed by atoms with Crippen LogP contribution in [0.5, 0.6) is 5.75 Å². The van der Waals surface area contributed by atoms with Crippen LogP contribution >= 0.6 is 0 Å². The average molecular weight is 413 g/mol. The quantitative estimate of drug-likeness (QED) is 0.730. The van der Waals surface area contributed by atoms with Crippen molar-refractivity contribution in [1.82, 2.24) is 0 Å². The van der Waals surface area contributed by atoms with Gasteiger partial charge in [-0.2, -0.15) is 0 Å². The summed E-state index contributed by atoms with van der Waals surface area (Å²) >= 11 is 0. The monoisotopic (exact) mass is 413 g/mol. The van der Waals surface area contributed by atoms with Crippen LogP contribution in [0.3, 0.4) is 0 Å². The van der Waals surface area contributed by atoms with Crippen molar-refractivity contribution in [1.29, 1.82) is 0 Å². The number of anilines is 3. The maximum Gasteiger partial charge on any atom is 0.262 e. The number of halogens is 1. The summed E-state index contributed by atoms with van der Waals surface area (Å²) in [5, 5.41) is 5.47. The van der Waals surface area contributed by atoms with Crippen molar-refractivity contribution < 1.29 is 23.5 Å². The number of hydrogen-bond donors (Lipinski definition) is 2. The molecule has 1 heterocycles. The third-order valence-electron chi connectivity index (χ3n) is 5.00. The predicted molar refractivity (Wildman–Crippen MR) is 111 cm³/mol. The first-order chi connectivity index (χ1) is 14.6. The van der Waals surface area contributed by atoms with Crippen LogP contribution in [0, 0.1) is 11.7 Å². The first-order valence-electron chi connectivity index (χ1n) is 10.0. The van der Waals surface area contributed by atoms with Crippen LogP contribution in [0.1, 0.15) is 12.8 Å². The minimum Gasteiger partial charge on any atom is -0.484 e. The summed E-state index contributed by atoms with van der Waals surface area (Å²) in [6.45, 7) is 2.18. The van der Waals surface area contributed by atoms with Gasteiger partial charge in [-0.15, -0.1) is 0 Å². The summed E-state index contributed by atoms with van der Waals surface area (Å²) in [7, 11) is 0. The molecule has 2 N–H and O–H groups in total. The van der Waals surface area contributed by atoms with Gasteiger partial charge in [0, 0.05) is 36.4 Å². The summed E-state index contributed by atoms with van der Waals surface area (Å²) in [6.07, 6.45) is 1.85. The van der Waals surface area contributed by atoms with Gasteiger partial charge in [-0.3, -0.25) is 9.59 Å². The molecule has 1 saturated carbocycles. The molecule has 1 aliphatic heterocycles. The molecular weight excluding hydrogens is 389 g/mol. The summed E-state index contributed by atoms with van der Waals surface area (Å²) in [5.74, 6) is -0.217. The summed E-state index contributed by atoms with van der Waals surface area (Å²) in [4.78, 5) is 26.0. The number of nitrogens with zero attached hydrogens (tertiary/aromatic N) is 1. The average Bonchev–Trinajstić information content (AvgIpc) is 3.59. The molecule has 158 valence electrons. The van der Waals surface area contributed by atoms with Gasteiger partial charge in [-0.1, -0.05) is 6.07 Å². The number of amides is 2. The van der Waals surface area contributed by atoms with E-state index in [0.717, 1.165) is 12.8 Å². The fourth-order valence-electron chi connectivity index (χ4n) is 3.24. The minimum atomic E-state index is -0.402. The zero-order valence-corrected chi connectivity index (χ0v) is 16.5. The largest absolute Gasteiger partial charge is 0.484 e. The van der Waals surface area contributed by atoms with Crippen LogP contribution in [-0.4, -0.2) is 44.7 Å². The lowest BCUT2D eigenvalue weighted by atomic mass is 10.2. The maximum absolute atomic E-state index is 14.4. The van der Waals surface area contributed by atoms with E-state index in [1.807, 2.05) is 4.90 Å². The molecule has 7 nitrogen and oxygen atoms in total. The number of carbonyl (C=O) groups excluding carboxylic acids is 2. The molecule has 0 bridgehead atoms. The minimum absolute atomic E-state index is 0.00689. The van der Waals surface area contributed by atoms with Crippen LogP contribution < -0.4 is 20.3 Å². The number of rotatable bonds is 7. The normalized spacial score (nSPS) is 16.1. The molecule has 0 spiro atoms. The van der Waals surface area contributed by atoms with Crippen molar-refractivity contribution >= 4 is 28.9 Å². The first kappa shape index (κ1) is 20.2. The molecule has 8 heteroatoms. The lowest BCUT2D eigenvalue weighted by Gasteiger charge is -2.29. The Kier molecular flexibility index (Phi) is 6.13. The third kappa shape index (κ3) is 5.27. The van der Waals surface area contributed by atoms with E-state index < -0.39 is 11.7 Å². The summed E-state index contributed by atoms with van der Waals surface area (Å²) in [6, 6.07) is 11.5. The number of hydrogen-bond acceptors (Lipinski definition) is 5. The van der Waals surface area contributed by atoms with Crippen LogP contribution in [0.15, 0.2) is 42.5 Å². The van der Waals surface area contributed by atoms with Gasteiger partial charge >= 0.3 is 0 Å². The van der Waals surface area contributed by atoms with Crippen LogP contribution in [-0.2, 0) is 14.3 Å². The van der Waals surface area contributed by atoms with Gasteiger partial charge < -0.3 is 25.0 Å². The van der Waals surface area contributed by atoms with E-state index in [1.54, 1.807) is 36.4 Å². The fourth-order valence-corrected chi connectivity index (χ4v) is 3.24. The molecular formula is C22H24FN3O4. The topological polar surface area (TPSA) is 79.9 Å². The number of morpholine rings is 1. The van der Waals surface area contributed by atoms with Crippen molar-refractivity contribution in [2.45, 2.75) is 12.8 Å². The van der Waals surface area contributed by atoms with Crippen molar-refractivity contribution in [2.75, 3.05) is 48.4 Å². The molecule has 2 amide bonds. The van der Waals surface area contributed by atoms with E-state index in [2.05, 4.69) is 10.6 Å². The van der Waals surface area contributed by atoms with Gasteiger partial charge in [0.2, 0.25) is 5.91 Å². The lowest BCUT2D eigenvalue weighted by Crippen LogP contribution is -2.36. The molecule has 2 aromatic rings. The Hall–Kier alpha value is -3.13. The highest BCUT2D eigenvalue weighted by atomic mass is 19.1. The Labute approximate surface area is 174 Å². The second-order valence-corrected chi connectivity index (χ2v) is 7.39. The Morgan fingerprint density at radius 3 is 2.57 bits per heavy atom. The SMILES string of the molecule is O=C(COc1cccc(NC(=O)C2CC2)c1)Nc1ccc(N2CCOCC2)c(F)c1. The van der Waals surface area contributed by atoms with Crippen LogP contribution in [0.4, 0.5) is 21.5 Å². The Morgan fingerprint density at radius 2 is 1.83 bits per heavy atom. The van der Waals surface area contributed by atoms with Gasteiger partial charge in [0.25, 0.3) is 5.91 Å². The Morgan fingerprint density at radius 1 is 1.07 bits per heavy atom. The van der Waals surface area contributed by atoms with Crippen molar-refractivity contribution in [3.63, 3.8) is 0 Å². The molecule has 2 fully saturated rings. The highest BCUT2D eigenvalue weighted by molar-refractivity contribution is 5.94. The molecule has 0 unspecified atom stereocenters. The smallest absolute Gasteiger partial charge is 0.262 e. The molecule has 1 aliphatic carbocycles. The van der Waals surface area contributed by atoms with Crippen LogP contribution in [0.2, 0.25) is 0 Å². The number of nitrogens with one attached hydrogen (secondary N) is 2. The second-order valence-electron chi connectivity index (χ2n) is 7.39. The molecule has 0 radical (unpaired) electrons. The second kappa shape index (κ2) is 9.13. The molecule has 0 atom stereocenters. The summed E-state index contributed by atoms with van der Waals surface area (Å²) < 4.78 is 25.2. The highest BCUT2D eigenvalue weighted by Crippen LogP contribution is 2.30. The van der Waals surface area contributed by atoms with Gasteiger partial charge in [-0.25, -0.2) is 4.39 Å². The molecule has 0 aromatic heterocycles.